The topological polar surface area (TPSA) is 105 Å². The van der Waals surface area contributed by atoms with Gasteiger partial charge in [-0.15, -0.1) is 0 Å². The van der Waals surface area contributed by atoms with Gasteiger partial charge in [0, 0.05) is 19.8 Å². The number of carbonyl (C=O) groups excluding carboxylic acids is 1. The quantitative estimate of drug-likeness (QED) is 0.405. The Morgan fingerprint density at radius 1 is 1.00 bits per heavy atom. The summed E-state index contributed by atoms with van der Waals surface area (Å²) < 4.78 is 18.2. The van der Waals surface area contributed by atoms with Gasteiger partial charge in [0.2, 0.25) is 0 Å². The fourth-order valence-corrected chi connectivity index (χ4v) is 10.8. The number of rotatable bonds is 5. The van der Waals surface area contributed by atoms with E-state index in [9.17, 15) is 20.1 Å². The number of carbonyl (C=O) groups is 1. The molecule has 3 N–H and O–H groups in total. The Kier molecular flexibility index (Phi) is 7.36. The third kappa shape index (κ3) is 4.80. The van der Waals surface area contributed by atoms with E-state index in [4.69, 9.17) is 14.2 Å². The Bertz CT molecular complexity index is 949. The summed E-state index contributed by atoms with van der Waals surface area (Å²) in [4.78, 5) is 11.8. The van der Waals surface area contributed by atoms with Crippen LogP contribution in [0.5, 0.6) is 0 Å². The van der Waals surface area contributed by atoms with E-state index in [0.717, 1.165) is 38.5 Å². The van der Waals surface area contributed by atoms with Gasteiger partial charge in [-0.05, 0) is 119 Å². The highest BCUT2D eigenvalue weighted by Gasteiger charge is 2.69. The SMILES string of the molecule is CC(=O)OC(C)(C)C(C)C[C@H]1OC(C)(O)O[C@@]1(C)[C@H]1[C@@H](O)C[C@H]2[C@@H]3CC[C@H]4C[C@@H](O)CC[C@]4(C)[C@H]3CC[C@@]21C. The molecule has 0 aromatic carbocycles. The maximum Gasteiger partial charge on any atom is 0.303 e. The Balaban J connectivity index is 1.42. The molecule has 1 saturated heterocycles. The minimum atomic E-state index is -1.75. The Labute approximate surface area is 235 Å². The smallest absolute Gasteiger partial charge is 0.303 e. The molecule has 5 rings (SSSR count). The van der Waals surface area contributed by atoms with Gasteiger partial charge in [0.25, 0.3) is 5.97 Å². The minimum Gasteiger partial charge on any atom is -0.460 e. The number of ether oxygens (including phenoxy) is 3. The van der Waals surface area contributed by atoms with Gasteiger partial charge < -0.3 is 29.5 Å². The van der Waals surface area contributed by atoms with E-state index < -0.39 is 29.4 Å². The zero-order valence-corrected chi connectivity index (χ0v) is 25.5. The van der Waals surface area contributed by atoms with E-state index in [0.29, 0.717) is 30.1 Å². The average Bonchev–Trinajstić information content (AvgIpc) is 3.20. The van der Waals surface area contributed by atoms with Crippen LogP contribution in [-0.2, 0) is 19.0 Å². The van der Waals surface area contributed by atoms with Gasteiger partial charge in [-0.25, -0.2) is 0 Å². The average molecular weight is 551 g/mol. The molecule has 0 spiro atoms. The van der Waals surface area contributed by atoms with E-state index >= 15 is 0 Å². The van der Waals surface area contributed by atoms with Crippen molar-refractivity contribution < 1.29 is 34.3 Å². The Hall–Kier alpha value is -0.730. The third-order valence-corrected chi connectivity index (χ3v) is 12.9. The molecule has 0 radical (unpaired) electrons. The van der Waals surface area contributed by atoms with E-state index in [1.54, 1.807) is 6.92 Å². The number of aliphatic hydroxyl groups is 3. The van der Waals surface area contributed by atoms with E-state index in [2.05, 4.69) is 13.8 Å². The van der Waals surface area contributed by atoms with Crippen molar-refractivity contribution in [2.45, 2.75) is 149 Å². The van der Waals surface area contributed by atoms with Crippen LogP contribution in [0.25, 0.3) is 0 Å². The summed E-state index contributed by atoms with van der Waals surface area (Å²) in [5.74, 6) is -0.127. The predicted octanol–water partition coefficient (Wildman–Crippen LogP) is 5.19. The molecule has 0 aromatic rings. The van der Waals surface area contributed by atoms with Gasteiger partial charge in [0.05, 0.1) is 18.3 Å². The van der Waals surface area contributed by atoms with Crippen molar-refractivity contribution in [2.75, 3.05) is 0 Å². The molecule has 5 fully saturated rings. The van der Waals surface area contributed by atoms with E-state index in [1.807, 2.05) is 27.7 Å². The number of hydrogen-bond acceptors (Lipinski definition) is 7. The maximum absolute atomic E-state index is 11.8. The molecule has 4 saturated carbocycles. The van der Waals surface area contributed by atoms with Crippen LogP contribution in [0.15, 0.2) is 0 Å². The molecule has 39 heavy (non-hydrogen) atoms. The summed E-state index contributed by atoms with van der Waals surface area (Å²) in [7, 11) is 0. The summed E-state index contributed by atoms with van der Waals surface area (Å²) in [6.07, 6.45) is 7.58. The maximum atomic E-state index is 11.8. The van der Waals surface area contributed by atoms with Gasteiger partial charge in [-0.2, -0.15) is 0 Å². The molecule has 4 aliphatic carbocycles. The molecule has 7 nitrogen and oxygen atoms in total. The number of hydrogen-bond donors (Lipinski definition) is 3. The van der Waals surface area contributed by atoms with E-state index in [1.165, 1.54) is 19.8 Å². The van der Waals surface area contributed by atoms with E-state index in [-0.39, 0.29) is 34.7 Å². The second-order valence-electron chi connectivity index (χ2n) is 15.5. The summed E-state index contributed by atoms with van der Waals surface area (Å²) in [6.45, 7) is 15.7. The molecule has 5 aliphatic rings. The monoisotopic (exact) mass is 550 g/mol. The molecule has 13 atom stereocenters. The molecule has 0 bridgehead atoms. The van der Waals surface area contributed by atoms with Gasteiger partial charge in [-0.1, -0.05) is 20.8 Å². The van der Waals surface area contributed by atoms with Gasteiger partial charge in [-0.3, -0.25) is 4.79 Å². The lowest BCUT2D eigenvalue weighted by Crippen LogP contribution is -2.58. The van der Waals surface area contributed by atoms with Gasteiger partial charge in [0.1, 0.15) is 11.2 Å². The summed E-state index contributed by atoms with van der Waals surface area (Å²) in [5.41, 5.74) is -1.46. The van der Waals surface area contributed by atoms with Crippen molar-refractivity contribution in [2.24, 2.45) is 46.3 Å². The first kappa shape index (κ1) is 29.8. The first-order valence-electron chi connectivity index (χ1n) is 15.6. The van der Waals surface area contributed by atoms with Crippen LogP contribution < -0.4 is 0 Å². The highest BCUT2D eigenvalue weighted by atomic mass is 16.9. The molecule has 1 heterocycles. The van der Waals surface area contributed by atoms with Crippen molar-refractivity contribution in [3.05, 3.63) is 0 Å². The van der Waals surface area contributed by atoms with Crippen molar-refractivity contribution in [3.8, 4) is 0 Å². The van der Waals surface area contributed by atoms with Crippen molar-refractivity contribution in [3.63, 3.8) is 0 Å². The van der Waals surface area contributed by atoms with Crippen LogP contribution in [0.2, 0.25) is 0 Å². The van der Waals surface area contributed by atoms with Crippen LogP contribution in [0.4, 0.5) is 0 Å². The zero-order chi connectivity index (χ0) is 28.8. The molecule has 1 aliphatic heterocycles. The Morgan fingerprint density at radius 2 is 1.67 bits per heavy atom. The van der Waals surface area contributed by atoms with Crippen LogP contribution in [0.1, 0.15) is 113 Å². The van der Waals surface area contributed by atoms with Crippen LogP contribution in [-0.4, -0.2) is 56.8 Å². The highest BCUT2D eigenvalue weighted by molar-refractivity contribution is 5.66. The molecular formula is C32H54O7. The first-order valence-corrected chi connectivity index (χ1v) is 15.6. The zero-order valence-electron chi connectivity index (χ0n) is 25.5. The van der Waals surface area contributed by atoms with Crippen LogP contribution in [0.3, 0.4) is 0 Å². The van der Waals surface area contributed by atoms with Crippen LogP contribution in [0, 0.1) is 46.3 Å². The highest BCUT2D eigenvalue weighted by Crippen LogP contribution is 2.69. The lowest BCUT2D eigenvalue weighted by atomic mass is 9.44. The molecule has 2 unspecified atom stereocenters. The predicted molar refractivity (Wildman–Crippen MR) is 147 cm³/mol. The van der Waals surface area contributed by atoms with Crippen LogP contribution >= 0.6 is 0 Å². The standard InChI is InChI=1S/C32H54O7/c1-18(28(3,4)37-19(2)33)15-26-31(7,39-32(8,36)38-26)27-25(35)17-24-22-10-9-20-16-21(34)11-13-29(20,5)23(22)12-14-30(24,27)6/h18,20-27,34-36H,9-17H2,1-8H3/t18?,20-,21-,22+,23-,24-,25-,26+,27-,29-,30-,31+,32?/m0/s1. The molecule has 0 aromatic heterocycles. The number of aliphatic hydroxyl groups excluding tert-OH is 2. The largest absolute Gasteiger partial charge is 0.460 e. The normalized spacial score (nSPS) is 52.5. The van der Waals surface area contributed by atoms with Crippen molar-refractivity contribution >= 4 is 5.97 Å². The minimum absolute atomic E-state index is 0.0574. The molecule has 7 heteroatoms. The van der Waals surface area contributed by atoms with Crippen molar-refractivity contribution in [1.82, 2.24) is 0 Å². The Morgan fingerprint density at radius 3 is 2.33 bits per heavy atom. The fourth-order valence-electron chi connectivity index (χ4n) is 10.8. The summed E-state index contributed by atoms with van der Waals surface area (Å²) in [6, 6.07) is 0. The first-order chi connectivity index (χ1) is 17.9. The lowest BCUT2D eigenvalue weighted by molar-refractivity contribution is -0.319. The molecule has 224 valence electrons. The van der Waals surface area contributed by atoms with Gasteiger partial charge >= 0.3 is 5.97 Å². The lowest BCUT2D eigenvalue weighted by Gasteiger charge is -2.61. The fraction of sp³-hybridized carbons (Fsp3) is 0.969. The van der Waals surface area contributed by atoms with Crippen molar-refractivity contribution in [1.29, 1.82) is 0 Å². The molecule has 0 amide bonds. The summed E-state index contributed by atoms with van der Waals surface area (Å²) >= 11 is 0. The second-order valence-corrected chi connectivity index (χ2v) is 15.5. The summed E-state index contributed by atoms with van der Waals surface area (Å²) in [5, 5.41) is 33.2. The van der Waals surface area contributed by atoms with Gasteiger partial charge in [0.15, 0.2) is 0 Å². The number of fused-ring (bicyclic) bond motifs is 5. The molecular weight excluding hydrogens is 496 g/mol. The number of esters is 1. The second kappa shape index (κ2) is 9.65. The third-order valence-electron chi connectivity index (χ3n) is 12.9.